The summed E-state index contributed by atoms with van der Waals surface area (Å²) in [5.74, 6) is 1.35. The number of aryl methyl sites for hydroxylation is 1. The number of halogens is 1. The number of hydrogen-bond acceptors (Lipinski definition) is 4. The molecule has 1 N–H and O–H groups in total. The molecule has 0 saturated carbocycles. The van der Waals surface area contributed by atoms with E-state index in [4.69, 9.17) is 4.52 Å². The molecule has 1 fully saturated rings. The maximum atomic E-state index is 5.35. The van der Waals surface area contributed by atoms with Crippen LogP contribution in [0.25, 0.3) is 11.5 Å². The Hall–Kier alpha value is -1.20. The highest BCUT2D eigenvalue weighted by molar-refractivity contribution is 9.10. The zero-order chi connectivity index (χ0) is 12.5. The lowest BCUT2D eigenvalue weighted by atomic mass is 10.1. The van der Waals surface area contributed by atoms with Crippen LogP contribution in [0.2, 0.25) is 0 Å². The van der Waals surface area contributed by atoms with E-state index in [1.165, 1.54) is 6.42 Å². The van der Waals surface area contributed by atoms with Gasteiger partial charge in [-0.05, 0) is 50.1 Å². The van der Waals surface area contributed by atoms with E-state index in [9.17, 15) is 0 Å². The molecule has 0 bridgehead atoms. The smallest absolute Gasteiger partial charge is 0.258 e. The van der Waals surface area contributed by atoms with Gasteiger partial charge in [-0.2, -0.15) is 4.98 Å². The fourth-order valence-corrected chi connectivity index (χ4v) is 2.87. The molecule has 18 heavy (non-hydrogen) atoms. The van der Waals surface area contributed by atoms with Gasteiger partial charge >= 0.3 is 0 Å². The standard InChI is InChI=1S/C13H14BrN3O/c1-8-5-9(7-10(14)6-8)13-16-12(17-18-13)11-3-2-4-15-11/h5-7,11,15H,2-4H2,1H3. The number of benzene rings is 1. The average molecular weight is 308 g/mol. The van der Waals surface area contributed by atoms with Crippen molar-refractivity contribution >= 4 is 15.9 Å². The molecule has 3 rings (SSSR count). The van der Waals surface area contributed by atoms with E-state index in [0.717, 1.165) is 34.4 Å². The minimum absolute atomic E-state index is 0.246. The van der Waals surface area contributed by atoms with E-state index in [0.29, 0.717) is 5.89 Å². The Morgan fingerprint density at radius 1 is 1.39 bits per heavy atom. The lowest BCUT2D eigenvalue weighted by Gasteiger charge is -2.02. The summed E-state index contributed by atoms with van der Waals surface area (Å²) >= 11 is 3.48. The summed E-state index contributed by atoms with van der Waals surface area (Å²) in [6.45, 7) is 3.08. The van der Waals surface area contributed by atoms with Crippen molar-refractivity contribution in [2.24, 2.45) is 0 Å². The molecule has 4 nitrogen and oxygen atoms in total. The summed E-state index contributed by atoms with van der Waals surface area (Å²) in [6.07, 6.45) is 2.25. The summed E-state index contributed by atoms with van der Waals surface area (Å²) in [7, 11) is 0. The molecule has 5 heteroatoms. The van der Waals surface area contributed by atoms with Crippen LogP contribution in [0.15, 0.2) is 27.2 Å². The largest absolute Gasteiger partial charge is 0.334 e. The minimum atomic E-state index is 0.246. The van der Waals surface area contributed by atoms with Crippen LogP contribution in [-0.2, 0) is 0 Å². The van der Waals surface area contributed by atoms with Crippen molar-refractivity contribution in [1.29, 1.82) is 0 Å². The number of aromatic nitrogens is 2. The maximum Gasteiger partial charge on any atom is 0.258 e. The van der Waals surface area contributed by atoms with Gasteiger partial charge in [0.25, 0.3) is 5.89 Å². The first-order valence-electron chi connectivity index (χ1n) is 6.07. The van der Waals surface area contributed by atoms with E-state index < -0.39 is 0 Å². The first kappa shape index (κ1) is 11.9. The van der Waals surface area contributed by atoms with Crippen molar-refractivity contribution in [3.63, 3.8) is 0 Å². The summed E-state index contributed by atoms with van der Waals surface area (Å²) in [5.41, 5.74) is 2.12. The van der Waals surface area contributed by atoms with Crippen LogP contribution >= 0.6 is 15.9 Å². The number of rotatable bonds is 2. The Bertz CT molecular complexity index is 541. The van der Waals surface area contributed by atoms with Crippen LogP contribution in [0.4, 0.5) is 0 Å². The summed E-state index contributed by atoms with van der Waals surface area (Å²) in [6, 6.07) is 6.34. The van der Waals surface area contributed by atoms with Crippen LogP contribution in [0.3, 0.4) is 0 Å². The quantitative estimate of drug-likeness (QED) is 0.925. The molecular formula is C13H14BrN3O. The van der Waals surface area contributed by atoms with Gasteiger partial charge < -0.3 is 9.84 Å². The SMILES string of the molecule is Cc1cc(Br)cc(-c2nc(C3CCCN3)no2)c1. The van der Waals surface area contributed by atoms with Gasteiger partial charge in [0.05, 0.1) is 6.04 Å². The lowest BCUT2D eigenvalue weighted by Crippen LogP contribution is -2.14. The van der Waals surface area contributed by atoms with E-state index in [1.54, 1.807) is 0 Å². The van der Waals surface area contributed by atoms with Crippen LogP contribution in [0.5, 0.6) is 0 Å². The third kappa shape index (κ3) is 2.33. The van der Waals surface area contributed by atoms with Crippen molar-refractivity contribution in [3.05, 3.63) is 34.1 Å². The van der Waals surface area contributed by atoms with E-state index in [1.807, 2.05) is 19.1 Å². The molecule has 2 heterocycles. The topological polar surface area (TPSA) is 51.0 Å². The zero-order valence-corrected chi connectivity index (χ0v) is 11.7. The third-order valence-electron chi connectivity index (χ3n) is 3.10. The molecule has 0 radical (unpaired) electrons. The molecule has 0 amide bonds. The average Bonchev–Trinajstić information content (AvgIpc) is 2.99. The molecule has 0 spiro atoms. The summed E-state index contributed by atoms with van der Waals surface area (Å²) in [5, 5.41) is 7.44. The van der Waals surface area contributed by atoms with Gasteiger partial charge in [-0.25, -0.2) is 0 Å². The van der Waals surface area contributed by atoms with Crippen LogP contribution in [-0.4, -0.2) is 16.7 Å². The fraction of sp³-hybridized carbons (Fsp3) is 0.385. The first-order valence-corrected chi connectivity index (χ1v) is 6.86. The third-order valence-corrected chi connectivity index (χ3v) is 3.56. The maximum absolute atomic E-state index is 5.35. The van der Waals surface area contributed by atoms with E-state index in [-0.39, 0.29) is 6.04 Å². The number of nitrogens with zero attached hydrogens (tertiary/aromatic N) is 2. The van der Waals surface area contributed by atoms with Gasteiger partial charge in [0, 0.05) is 10.0 Å². The van der Waals surface area contributed by atoms with Crippen LogP contribution < -0.4 is 5.32 Å². The number of hydrogen-bond donors (Lipinski definition) is 1. The lowest BCUT2D eigenvalue weighted by molar-refractivity contribution is 0.412. The summed E-state index contributed by atoms with van der Waals surface area (Å²) in [4.78, 5) is 4.48. The summed E-state index contributed by atoms with van der Waals surface area (Å²) < 4.78 is 6.38. The molecule has 1 aromatic heterocycles. The second-order valence-electron chi connectivity index (χ2n) is 4.62. The Kier molecular flexibility index (Phi) is 3.18. The fourth-order valence-electron chi connectivity index (χ4n) is 2.26. The van der Waals surface area contributed by atoms with Crippen molar-refractivity contribution in [2.75, 3.05) is 6.54 Å². The second-order valence-corrected chi connectivity index (χ2v) is 5.54. The minimum Gasteiger partial charge on any atom is -0.334 e. The van der Waals surface area contributed by atoms with Gasteiger partial charge in [-0.3, -0.25) is 0 Å². The van der Waals surface area contributed by atoms with E-state index in [2.05, 4.69) is 37.5 Å². The normalized spacial score (nSPS) is 19.3. The Balaban J connectivity index is 1.92. The van der Waals surface area contributed by atoms with E-state index >= 15 is 0 Å². The number of nitrogens with one attached hydrogen (secondary N) is 1. The molecule has 1 aliphatic heterocycles. The van der Waals surface area contributed by atoms with Crippen molar-refractivity contribution < 1.29 is 4.52 Å². The van der Waals surface area contributed by atoms with Gasteiger partial charge in [0.1, 0.15) is 0 Å². The molecule has 1 saturated heterocycles. The van der Waals surface area contributed by atoms with Gasteiger partial charge in [0.15, 0.2) is 5.82 Å². The molecule has 1 unspecified atom stereocenters. The van der Waals surface area contributed by atoms with Crippen LogP contribution in [0, 0.1) is 6.92 Å². The molecule has 1 aliphatic rings. The Morgan fingerprint density at radius 3 is 3.00 bits per heavy atom. The second kappa shape index (κ2) is 4.82. The monoisotopic (exact) mass is 307 g/mol. The predicted octanol–water partition coefficient (Wildman–Crippen LogP) is 3.23. The van der Waals surface area contributed by atoms with Crippen LogP contribution in [0.1, 0.15) is 30.3 Å². The van der Waals surface area contributed by atoms with Crippen molar-refractivity contribution in [3.8, 4) is 11.5 Å². The Labute approximate surface area is 114 Å². The van der Waals surface area contributed by atoms with Gasteiger partial charge in [0.2, 0.25) is 0 Å². The molecule has 94 valence electrons. The molecule has 2 aromatic rings. The van der Waals surface area contributed by atoms with Crippen molar-refractivity contribution in [2.45, 2.75) is 25.8 Å². The zero-order valence-electron chi connectivity index (χ0n) is 10.1. The first-order chi connectivity index (χ1) is 8.72. The molecular weight excluding hydrogens is 294 g/mol. The predicted molar refractivity (Wildman–Crippen MR) is 72.1 cm³/mol. The Morgan fingerprint density at radius 2 is 2.28 bits per heavy atom. The molecule has 1 atom stereocenters. The molecule has 1 aromatic carbocycles. The van der Waals surface area contributed by atoms with Crippen molar-refractivity contribution in [1.82, 2.24) is 15.5 Å². The molecule has 0 aliphatic carbocycles. The van der Waals surface area contributed by atoms with Gasteiger partial charge in [-0.15, -0.1) is 0 Å². The highest BCUT2D eigenvalue weighted by Crippen LogP contribution is 2.26. The van der Waals surface area contributed by atoms with Gasteiger partial charge in [-0.1, -0.05) is 21.1 Å². The highest BCUT2D eigenvalue weighted by Gasteiger charge is 2.22. The highest BCUT2D eigenvalue weighted by atomic mass is 79.9.